The Morgan fingerprint density at radius 1 is 1.33 bits per heavy atom. The summed E-state index contributed by atoms with van der Waals surface area (Å²) >= 11 is 0. The third-order valence-corrected chi connectivity index (χ3v) is 3.58. The lowest BCUT2D eigenvalue weighted by Gasteiger charge is -2.39. The summed E-state index contributed by atoms with van der Waals surface area (Å²) in [6.07, 6.45) is 2.31. The highest BCUT2D eigenvalue weighted by Crippen LogP contribution is 2.14. The average molecular weight is 258 g/mol. The highest BCUT2D eigenvalue weighted by atomic mass is 16.5. The Labute approximate surface area is 112 Å². The predicted octanol–water partition coefficient (Wildman–Crippen LogP) is 1.50. The van der Waals surface area contributed by atoms with E-state index < -0.39 is 0 Å². The largest absolute Gasteiger partial charge is 0.380 e. The van der Waals surface area contributed by atoms with Crippen molar-refractivity contribution in [3.8, 4) is 0 Å². The van der Waals surface area contributed by atoms with Crippen molar-refractivity contribution in [1.82, 2.24) is 10.2 Å². The van der Waals surface area contributed by atoms with E-state index in [-0.39, 0.29) is 0 Å². The molecule has 1 rings (SSSR count). The lowest BCUT2D eigenvalue weighted by atomic mass is 10.0. The molecule has 0 bridgehead atoms. The molecule has 0 amide bonds. The molecule has 1 aliphatic rings. The molecule has 2 atom stereocenters. The van der Waals surface area contributed by atoms with Gasteiger partial charge in [0.15, 0.2) is 0 Å². The molecule has 4 nitrogen and oxygen atoms in total. The van der Waals surface area contributed by atoms with Gasteiger partial charge in [-0.05, 0) is 32.9 Å². The van der Waals surface area contributed by atoms with Crippen LogP contribution in [0.3, 0.4) is 0 Å². The predicted molar refractivity (Wildman–Crippen MR) is 75.0 cm³/mol. The van der Waals surface area contributed by atoms with E-state index in [9.17, 15) is 0 Å². The van der Waals surface area contributed by atoms with Gasteiger partial charge in [-0.2, -0.15) is 0 Å². The van der Waals surface area contributed by atoms with Crippen LogP contribution in [-0.2, 0) is 9.47 Å². The van der Waals surface area contributed by atoms with Gasteiger partial charge in [0.2, 0.25) is 0 Å². The first-order valence-corrected chi connectivity index (χ1v) is 7.46. The van der Waals surface area contributed by atoms with E-state index in [2.05, 4.69) is 24.1 Å². The Bertz CT molecular complexity index is 202. The fourth-order valence-corrected chi connectivity index (χ4v) is 2.54. The van der Waals surface area contributed by atoms with Crippen LogP contribution in [0.25, 0.3) is 0 Å². The van der Waals surface area contributed by atoms with Crippen molar-refractivity contribution in [3.05, 3.63) is 0 Å². The van der Waals surface area contributed by atoms with Crippen molar-refractivity contribution in [3.63, 3.8) is 0 Å². The van der Waals surface area contributed by atoms with Gasteiger partial charge >= 0.3 is 0 Å². The SMILES string of the molecule is CCCNC1CCOCC1N(CC)CCOCC. The molecule has 1 fully saturated rings. The molecule has 18 heavy (non-hydrogen) atoms. The second-order valence-electron chi connectivity index (χ2n) is 4.82. The highest BCUT2D eigenvalue weighted by molar-refractivity contribution is 4.87. The van der Waals surface area contributed by atoms with Crippen molar-refractivity contribution in [2.24, 2.45) is 0 Å². The molecular formula is C14H30N2O2. The maximum Gasteiger partial charge on any atom is 0.0637 e. The molecule has 0 aliphatic carbocycles. The van der Waals surface area contributed by atoms with Crippen LogP contribution in [-0.4, -0.2) is 63.0 Å². The number of likely N-dealkylation sites (N-methyl/N-ethyl adjacent to an activating group) is 1. The van der Waals surface area contributed by atoms with Gasteiger partial charge in [-0.15, -0.1) is 0 Å². The normalized spacial score (nSPS) is 24.7. The summed E-state index contributed by atoms with van der Waals surface area (Å²) in [6, 6.07) is 1.07. The lowest BCUT2D eigenvalue weighted by Crippen LogP contribution is -2.56. The lowest BCUT2D eigenvalue weighted by molar-refractivity contribution is -0.0109. The number of hydrogen-bond acceptors (Lipinski definition) is 4. The summed E-state index contributed by atoms with van der Waals surface area (Å²) in [5.74, 6) is 0. The molecule has 4 heteroatoms. The van der Waals surface area contributed by atoms with E-state index in [0.717, 1.165) is 52.5 Å². The van der Waals surface area contributed by atoms with Crippen LogP contribution in [0.15, 0.2) is 0 Å². The summed E-state index contributed by atoms with van der Waals surface area (Å²) in [5.41, 5.74) is 0. The second-order valence-corrected chi connectivity index (χ2v) is 4.82. The van der Waals surface area contributed by atoms with Gasteiger partial charge in [-0.3, -0.25) is 4.90 Å². The quantitative estimate of drug-likeness (QED) is 0.636. The van der Waals surface area contributed by atoms with E-state index in [4.69, 9.17) is 9.47 Å². The molecule has 0 aromatic heterocycles. The molecular weight excluding hydrogens is 228 g/mol. The van der Waals surface area contributed by atoms with Gasteiger partial charge in [0.05, 0.1) is 13.2 Å². The maximum atomic E-state index is 5.66. The van der Waals surface area contributed by atoms with E-state index in [1.807, 2.05) is 6.92 Å². The first-order chi connectivity index (χ1) is 8.83. The van der Waals surface area contributed by atoms with Crippen molar-refractivity contribution < 1.29 is 9.47 Å². The van der Waals surface area contributed by atoms with Crippen LogP contribution in [0, 0.1) is 0 Å². The van der Waals surface area contributed by atoms with Gasteiger partial charge < -0.3 is 14.8 Å². The van der Waals surface area contributed by atoms with E-state index in [1.54, 1.807) is 0 Å². The van der Waals surface area contributed by atoms with Gasteiger partial charge in [0.1, 0.15) is 0 Å². The maximum absolute atomic E-state index is 5.66. The van der Waals surface area contributed by atoms with Gasteiger partial charge in [-0.1, -0.05) is 13.8 Å². The molecule has 0 saturated carbocycles. The van der Waals surface area contributed by atoms with Gasteiger partial charge in [0, 0.05) is 31.8 Å². The van der Waals surface area contributed by atoms with E-state index in [1.165, 1.54) is 6.42 Å². The van der Waals surface area contributed by atoms with Crippen LogP contribution in [0.5, 0.6) is 0 Å². The summed E-state index contributed by atoms with van der Waals surface area (Å²) in [5, 5.41) is 3.66. The van der Waals surface area contributed by atoms with E-state index in [0.29, 0.717) is 12.1 Å². The molecule has 0 spiro atoms. The van der Waals surface area contributed by atoms with Crippen LogP contribution in [0.4, 0.5) is 0 Å². The second kappa shape index (κ2) is 9.73. The molecule has 108 valence electrons. The monoisotopic (exact) mass is 258 g/mol. The summed E-state index contributed by atoms with van der Waals surface area (Å²) < 4.78 is 11.1. The number of ether oxygens (including phenoxy) is 2. The Morgan fingerprint density at radius 2 is 2.17 bits per heavy atom. The van der Waals surface area contributed by atoms with Crippen LogP contribution < -0.4 is 5.32 Å². The Balaban J connectivity index is 2.44. The molecule has 0 radical (unpaired) electrons. The van der Waals surface area contributed by atoms with Crippen molar-refractivity contribution in [2.75, 3.05) is 46.1 Å². The minimum absolute atomic E-state index is 0.496. The third-order valence-electron chi connectivity index (χ3n) is 3.58. The van der Waals surface area contributed by atoms with Crippen LogP contribution >= 0.6 is 0 Å². The van der Waals surface area contributed by atoms with Crippen molar-refractivity contribution >= 4 is 0 Å². The molecule has 0 aromatic carbocycles. The topological polar surface area (TPSA) is 33.7 Å². The molecule has 2 unspecified atom stereocenters. The Kier molecular flexibility index (Phi) is 8.59. The zero-order valence-corrected chi connectivity index (χ0v) is 12.3. The standard InChI is InChI=1S/C14H30N2O2/c1-4-8-15-13-7-10-18-12-14(13)16(5-2)9-11-17-6-3/h13-15H,4-12H2,1-3H3. The number of nitrogens with zero attached hydrogens (tertiary/aromatic N) is 1. The fourth-order valence-electron chi connectivity index (χ4n) is 2.54. The molecule has 1 heterocycles. The molecule has 1 saturated heterocycles. The van der Waals surface area contributed by atoms with Gasteiger partial charge in [0.25, 0.3) is 0 Å². The first kappa shape index (κ1) is 15.9. The Morgan fingerprint density at radius 3 is 2.83 bits per heavy atom. The highest BCUT2D eigenvalue weighted by Gasteiger charge is 2.29. The Hall–Kier alpha value is -0.160. The minimum Gasteiger partial charge on any atom is -0.380 e. The summed E-state index contributed by atoms with van der Waals surface area (Å²) in [4.78, 5) is 2.49. The van der Waals surface area contributed by atoms with Crippen LogP contribution in [0.1, 0.15) is 33.6 Å². The van der Waals surface area contributed by atoms with E-state index >= 15 is 0 Å². The van der Waals surface area contributed by atoms with Crippen molar-refractivity contribution in [2.45, 2.75) is 45.7 Å². The van der Waals surface area contributed by atoms with Crippen LogP contribution in [0.2, 0.25) is 0 Å². The average Bonchev–Trinajstić information content (AvgIpc) is 2.42. The molecule has 0 aromatic rings. The smallest absolute Gasteiger partial charge is 0.0637 e. The fraction of sp³-hybridized carbons (Fsp3) is 1.00. The minimum atomic E-state index is 0.496. The first-order valence-electron chi connectivity index (χ1n) is 7.46. The number of rotatable bonds is 9. The number of nitrogens with one attached hydrogen (secondary N) is 1. The molecule has 1 N–H and O–H groups in total. The zero-order chi connectivity index (χ0) is 13.2. The molecule has 1 aliphatic heterocycles. The summed E-state index contributed by atoms with van der Waals surface area (Å²) in [7, 11) is 0. The zero-order valence-electron chi connectivity index (χ0n) is 12.3. The van der Waals surface area contributed by atoms with Crippen molar-refractivity contribution in [1.29, 1.82) is 0 Å². The summed E-state index contributed by atoms with van der Waals surface area (Å²) in [6.45, 7) is 13.0. The van der Waals surface area contributed by atoms with Gasteiger partial charge in [-0.25, -0.2) is 0 Å². The number of hydrogen-bond donors (Lipinski definition) is 1. The third kappa shape index (κ3) is 5.22.